The number of nitrogens with one attached hydrogen (secondary N) is 2. The fourth-order valence-corrected chi connectivity index (χ4v) is 4.55. The van der Waals surface area contributed by atoms with E-state index >= 15 is 0 Å². The second kappa shape index (κ2) is 11.5. The highest BCUT2D eigenvalue weighted by atomic mass is 16.2. The third-order valence-electron chi connectivity index (χ3n) is 6.31. The molecule has 2 aromatic carbocycles. The van der Waals surface area contributed by atoms with Crippen LogP contribution in [0.2, 0.25) is 0 Å². The summed E-state index contributed by atoms with van der Waals surface area (Å²) in [7, 11) is 0. The highest BCUT2D eigenvalue weighted by molar-refractivity contribution is 6.03. The number of aryl methyl sites for hydroxylation is 2. The number of nitrogens with zero attached hydrogens (tertiary/aromatic N) is 2. The van der Waals surface area contributed by atoms with Crippen molar-refractivity contribution in [1.82, 2.24) is 10.9 Å². The van der Waals surface area contributed by atoms with Crippen LogP contribution in [0.4, 0.5) is 0 Å². The van der Waals surface area contributed by atoms with Crippen molar-refractivity contribution < 1.29 is 9.59 Å². The van der Waals surface area contributed by atoms with Gasteiger partial charge >= 0.3 is 0 Å². The van der Waals surface area contributed by atoms with Gasteiger partial charge in [0.15, 0.2) is 0 Å². The molecule has 0 fully saturated rings. The smallest absolute Gasteiger partial charge is 0.240 e. The lowest BCUT2D eigenvalue weighted by atomic mass is 9.90. The number of benzene rings is 2. The van der Waals surface area contributed by atoms with Gasteiger partial charge in [0.25, 0.3) is 0 Å². The molecule has 2 amide bonds. The van der Waals surface area contributed by atoms with Gasteiger partial charge in [0.1, 0.15) is 0 Å². The molecule has 33 heavy (non-hydrogen) atoms. The third kappa shape index (κ3) is 6.37. The Hall–Kier alpha value is -3.28. The first-order valence-corrected chi connectivity index (χ1v) is 12.1. The standard InChI is InChI=1S/C27H32N4O2/c32-26(30-28-24-16-8-12-20-10-4-6-14-22(20)24)18-2-1-3-19-27(33)31-29-25-17-9-13-21-11-5-7-15-23(21)25/h4-7,10-11,14-15H,1-3,8-9,12-13,16-19H2,(H,30,32)(H,31,33)/b28-24-,29-25+. The summed E-state index contributed by atoms with van der Waals surface area (Å²) in [6, 6.07) is 16.5. The molecule has 6 heteroatoms. The molecule has 6 nitrogen and oxygen atoms in total. The number of carbonyl (C=O) groups is 2. The molecule has 0 aliphatic heterocycles. The Morgan fingerprint density at radius 1 is 0.636 bits per heavy atom. The van der Waals surface area contributed by atoms with Gasteiger partial charge in [0.2, 0.25) is 11.8 Å². The summed E-state index contributed by atoms with van der Waals surface area (Å²) in [5.41, 5.74) is 12.2. The van der Waals surface area contributed by atoms with E-state index in [2.05, 4.69) is 45.3 Å². The van der Waals surface area contributed by atoms with E-state index in [0.717, 1.165) is 80.3 Å². The molecule has 0 bridgehead atoms. The van der Waals surface area contributed by atoms with Crippen LogP contribution in [0, 0.1) is 0 Å². The topological polar surface area (TPSA) is 82.9 Å². The van der Waals surface area contributed by atoms with Gasteiger partial charge in [-0.1, -0.05) is 55.0 Å². The zero-order valence-corrected chi connectivity index (χ0v) is 19.1. The first kappa shape index (κ1) is 22.9. The molecule has 0 aromatic heterocycles. The van der Waals surface area contributed by atoms with E-state index in [1.54, 1.807) is 0 Å². The molecule has 172 valence electrons. The maximum atomic E-state index is 12.2. The van der Waals surface area contributed by atoms with Gasteiger partial charge in [-0.25, -0.2) is 10.9 Å². The molecule has 0 radical (unpaired) electrons. The summed E-state index contributed by atoms with van der Waals surface area (Å²) >= 11 is 0. The average Bonchev–Trinajstić information content (AvgIpc) is 2.86. The summed E-state index contributed by atoms with van der Waals surface area (Å²) in [6.07, 6.45) is 9.16. The Morgan fingerprint density at radius 3 is 1.58 bits per heavy atom. The normalized spacial score (nSPS) is 17.3. The van der Waals surface area contributed by atoms with Crippen molar-refractivity contribution in [3.63, 3.8) is 0 Å². The number of hydrogen-bond acceptors (Lipinski definition) is 4. The van der Waals surface area contributed by atoms with Crippen molar-refractivity contribution >= 4 is 23.2 Å². The summed E-state index contributed by atoms with van der Waals surface area (Å²) in [5, 5.41) is 8.75. The Kier molecular flexibility index (Phi) is 8.01. The minimum absolute atomic E-state index is 0.0719. The highest BCUT2D eigenvalue weighted by Crippen LogP contribution is 2.22. The maximum absolute atomic E-state index is 12.2. The maximum Gasteiger partial charge on any atom is 0.240 e. The van der Waals surface area contributed by atoms with Gasteiger partial charge < -0.3 is 0 Å². The van der Waals surface area contributed by atoms with Gasteiger partial charge in [-0.05, 0) is 62.5 Å². The molecule has 2 N–H and O–H groups in total. The predicted molar refractivity (Wildman–Crippen MR) is 131 cm³/mol. The van der Waals surface area contributed by atoms with Gasteiger partial charge in [0, 0.05) is 24.0 Å². The number of amides is 2. The van der Waals surface area contributed by atoms with E-state index in [1.165, 1.54) is 11.1 Å². The van der Waals surface area contributed by atoms with Crippen molar-refractivity contribution in [2.24, 2.45) is 10.2 Å². The fourth-order valence-electron chi connectivity index (χ4n) is 4.55. The minimum Gasteiger partial charge on any atom is -0.273 e. The minimum atomic E-state index is -0.0719. The van der Waals surface area contributed by atoms with Crippen LogP contribution in [-0.2, 0) is 22.4 Å². The molecule has 0 spiro atoms. The van der Waals surface area contributed by atoms with Crippen molar-refractivity contribution in [3.05, 3.63) is 70.8 Å². The molecule has 0 saturated heterocycles. The molecule has 2 aromatic rings. The number of unbranched alkanes of at least 4 members (excludes halogenated alkanes) is 2. The van der Waals surface area contributed by atoms with Crippen molar-refractivity contribution in [1.29, 1.82) is 0 Å². The van der Waals surface area contributed by atoms with E-state index in [9.17, 15) is 9.59 Å². The molecule has 2 aliphatic carbocycles. The van der Waals surface area contributed by atoms with Crippen LogP contribution in [0.15, 0.2) is 58.7 Å². The molecule has 0 heterocycles. The second-order valence-corrected chi connectivity index (χ2v) is 8.77. The molecular formula is C27H32N4O2. The van der Waals surface area contributed by atoms with Crippen LogP contribution in [-0.4, -0.2) is 23.2 Å². The van der Waals surface area contributed by atoms with Crippen LogP contribution in [0.5, 0.6) is 0 Å². The van der Waals surface area contributed by atoms with Crippen LogP contribution in [0.25, 0.3) is 0 Å². The van der Waals surface area contributed by atoms with Crippen molar-refractivity contribution in [3.8, 4) is 0 Å². The summed E-state index contributed by atoms with van der Waals surface area (Å²) in [4.78, 5) is 24.3. The SMILES string of the molecule is O=C(CCCCCC(=O)N/N=C1\CCCc2ccccc21)N/N=C1/CCCc2ccccc21. The van der Waals surface area contributed by atoms with E-state index in [0.29, 0.717) is 12.8 Å². The number of rotatable bonds is 8. The Balaban J connectivity index is 1.14. The van der Waals surface area contributed by atoms with Crippen LogP contribution in [0.3, 0.4) is 0 Å². The molecule has 2 aliphatic rings. The third-order valence-corrected chi connectivity index (χ3v) is 6.31. The van der Waals surface area contributed by atoms with Crippen LogP contribution >= 0.6 is 0 Å². The fraction of sp³-hybridized carbons (Fsp3) is 0.407. The first-order chi connectivity index (χ1) is 16.2. The van der Waals surface area contributed by atoms with Crippen molar-refractivity contribution in [2.45, 2.75) is 70.6 Å². The number of carbonyl (C=O) groups excluding carboxylic acids is 2. The van der Waals surface area contributed by atoms with E-state index in [1.807, 2.05) is 24.3 Å². The Labute approximate surface area is 195 Å². The molecular weight excluding hydrogens is 412 g/mol. The largest absolute Gasteiger partial charge is 0.273 e. The lowest BCUT2D eigenvalue weighted by molar-refractivity contribution is -0.121. The first-order valence-electron chi connectivity index (χ1n) is 12.1. The van der Waals surface area contributed by atoms with Crippen molar-refractivity contribution in [2.75, 3.05) is 0 Å². The summed E-state index contributed by atoms with van der Waals surface area (Å²) in [5.74, 6) is -0.144. The van der Waals surface area contributed by atoms with E-state index < -0.39 is 0 Å². The number of hydrazone groups is 2. The van der Waals surface area contributed by atoms with Gasteiger partial charge in [-0.3, -0.25) is 9.59 Å². The summed E-state index contributed by atoms with van der Waals surface area (Å²) in [6.45, 7) is 0. The zero-order chi connectivity index (χ0) is 22.9. The molecule has 0 saturated carbocycles. The molecule has 0 atom stereocenters. The van der Waals surface area contributed by atoms with Crippen LogP contribution in [0.1, 0.15) is 80.0 Å². The van der Waals surface area contributed by atoms with Gasteiger partial charge in [-0.15, -0.1) is 0 Å². The number of hydrogen-bond donors (Lipinski definition) is 2. The Morgan fingerprint density at radius 2 is 1.09 bits per heavy atom. The highest BCUT2D eigenvalue weighted by Gasteiger charge is 2.16. The average molecular weight is 445 g/mol. The molecule has 0 unspecified atom stereocenters. The predicted octanol–water partition coefficient (Wildman–Crippen LogP) is 4.65. The summed E-state index contributed by atoms with van der Waals surface area (Å²) < 4.78 is 0. The zero-order valence-electron chi connectivity index (χ0n) is 19.1. The second-order valence-electron chi connectivity index (χ2n) is 8.77. The lowest BCUT2D eigenvalue weighted by Crippen LogP contribution is -2.22. The monoisotopic (exact) mass is 444 g/mol. The van der Waals surface area contributed by atoms with E-state index in [4.69, 9.17) is 0 Å². The van der Waals surface area contributed by atoms with Crippen LogP contribution < -0.4 is 10.9 Å². The number of fused-ring (bicyclic) bond motifs is 2. The van der Waals surface area contributed by atoms with Gasteiger partial charge in [-0.2, -0.15) is 10.2 Å². The van der Waals surface area contributed by atoms with E-state index in [-0.39, 0.29) is 11.8 Å². The lowest BCUT2D eigenvalue weighted by Gasteiger charge is -2.17. The van der Waals surface area contributed by atoms with Gasteiger partial charge in [0.05, 0.1) is 11.4 Å². The quantitative estimate of drug-likeness (QED) is 0.459. The molecule has 4 rings (SSSR count). The Bertz CT molecular complexity index is 974.